The summed E-state index contributed by atoms with van der Waals surface area (Å²) in [4.78, 5) is 12.0. The molecule has 0 N–H and O–H groups in total. The number of fused-ring (bicyclic) bond motifs is 2. The molecule has 2 heteroatoms. The standard InChI is InChI=1S/C14H24OS/c1-4-5-6-16-9-11-12-7-10(8-13(11)15)14(12,2)3/h10-12H,4-9H2,1-3H3/t10-,11-,12+/m1/s1. The van der Waals surface area contributed by atoms with Gasteiger partial charge in [0.2, 0.25) is 0 Å². The molecule has 2 bridgehead atoms. The van der Waals surface area contributed by atoms with Crippen LogP contribution in [0.15, 0.2) is 0 Å². The number of Topliss-reactive ketones (excluding diaryl/α,β-unsaturated/α-hetero) is 1. The third kappa shape index (κ3) is 2.05. The minimum atomic E-state index is 0.377. The summed E-state index contributed by atoms with van der Waals surface area (Å²) in [6.45, 7) is 6.95. The van der Waals surface area contributed by atoms with E-state index in [9.17, 15) is 4.79 Å². The molecule has 0 heterocycles. The highest BCUT2D eigenvalue weighted by Gasteiger charge is 2.57. The van der Waals surface area contributed by atoms with Crippen molar-refractivity contribution in [3.8, 4) is 0 Å². The van der Waals surface area contributed by atoms with Crippen molar-refractivity contribution in [2.24, 2.45) is 23.2 Å². The van der Waals surface area contributed by atoms with E-state index in [0.717, 1.165) is 12.2 Å². The fraction of sp³-hybridized carbons (Fsp3) is 0.929. The predicted octanol–water partition coefficient (Wildman–Crippen LogP) is 3.77. The van der Waals surface area contributed by atoms with Crippen LogP contribution in [0.1, 0.15) is 46.5 Å². The Balaban J connectivity index is 1.85. The van der Waals surface area contributed by atoms with Gasteiger partial charge in [-0.3, -0.25) is 4.79 Å². The van der Waals surface area contributed by atoms with E-state index in [2.05, 4.69) is 20.8 Å². The molecule has 0 saturated heterocycles. The monoisotopic (exact) mass is 240 g/mol. The molecule has 3 atom stereocenters. The van der Waals surface area contributed by atoms with Crippen LogP contribution in [0.3, 0.4) is 0 Å². The van der Waals surface area contributed by atoms with E-state index in [0.29, 0.717) is 29.0 Å². The lowest BCUT2D eigenvalue weighted by Gasteiger charge is -2.59. The molecule has 3 fully saturated rings. The van der Waals surface area contributed by atoms with Crippen molar-refractivity contribution < 1.29 is 4.79 Å². The number of rotatable bonds is 5. The van der Waals surface area contributed by atoms with E-state index < -0.39 is 0 Å². The molecule has 3 saturated carbocycles. The van der Waals surface area contributed by atoms with Crippen LogP contribution >= 0.6 is 11.8 Å². The zero-order valence-electron chi connectivity index (χ0n) is 10.8. The first-order valence-corrected chi connectivity index (χ1v) is 7.83. The molecule has 0 radical (unpaired) electrons. The molecule has 16 heavy (non-hydrogen) atoms. The molecule has 0 aromatic carbocycles. The first kappa shape index (κ1) is 12.5. The maximum Gasteiger partial charge on any atom is 0.137 e. The summed E-state index contributed by atoms with van der Waals surface area (Å²) in [5.74, 6) is 4.64. The molecule has 0 aromatic heterocycles. The summed E-state index contributed by atoms with van der Waals surface area (Å²) in [5, 5.41) is 0. The number of carbonyl (C=O) groups excluding carboxylic acids is 1. The molecule has 3 rings (SSSR count). The lowest BCUT2D eigenvalue weighted by atomic mass is 9.45. The zero-order chi connectivity index (χ0) is 11.8. The van der Waals surface area contributed by atoms with Crippen molar-refractivity contribution in [2.45, 2.75) is 46.5 Å². The van der Waals surface area contributed by atoms with Crippen LogP contribution in [0.4, 0.5) is 0 Å². The van der Waals surface area contributed by atoms with Crippen LogP contribution < -0.4 is 0 Å². The van der Waals surface area contributed by atoms with E-state index in [1.165, 1.54) is 25.0 Å². The van der Waals surface area contributed by atoms with Crippen LogP contribution in [0, 0.1) is 23.2 Å². The minimum Gasteiger partial charge on any atom is -0.299 e. The molecule has 3 aliphatic carbocycles. The fourth-order valence-corrected chi connectivity index (χ4v) is 4.70. The van der Waals surface area contributed by atoms with Crippen molar-refractivity contribution in [2.75, 3.05) is 11.5 Å². The van der Waals surface area contributed by atoms with Crippen LogP contribution in [0.25, 0.3) is 0 Å². The molecule has 0 aromatic rings. The maximum atomic E-state index is 12.0. The second kappa shape index (κ2) is 4.72. The molecule has 3 aliphatic rings. The Morgan fingerprint density at radius 1 is 1.44 bits per heavy atom. The minimum absolute atomic E-state index is 0.377. The van der Waals surface area contributed by atoms with Gasteiger partial charge >= 0.3 is 0 Å². The summed E-state index contributed by atoms with van der Waals surface area (Å²) in [6.07, 6.45) is 4.74. The molecule has 0 amide bonds. The molecule has 92 valence electrons. The van der Waals surface area contributed by atoms with Crippen LogP contribution in [-0.2, 0) is 4.79 Å². The number of carbonyl (C=O) groups is 1. The van der Waals surface area contributed by atoms with E-state index >= 15 is 0 Å². The molecule has 0 aliphatic heterocycles. The van der Waals surface area contributed by atoms with Crippen LogP contribution in [-0.4, -0.2) is 17.3 Å². The maximum absolute atomic E-state index is 12.0. The Labute approximate surface area is 104 Å². The van der Waals surface area contributed by atoms with Gasteiger partial charge in [-0.1, -0.05) is 27.2 Å². The Kier molecular flexibility index (Phi) is 3.68. The summed E-state index contributed by atoms with van der Waals surface area (Å²) < 4.78 is 0. The van der Waals surface area contributed by atoms with Gasteiger partial charge < -0.3 is 0 Å². The zero-order valence-corrected chi connectivity index (χ0v) is 11.6. The van der Waals surface area contributed by atoms with Gasteiger partial charge in [0, 0.05) is 18.1 Å². The topological polar surface area (TPSA) is 17.1 Å². The first-order valence-electron chi connectivity index (χ1n) is 6.67. The normalized spacial score (nSPS) is 35.9. The number of unbranched alkanes of at least 4 members (excludes halogenated alkanes) is 1. The highest BCUT2D eigenvalue weighted by molar-refractivity contribution is 7.99. The SMILES string of the molecule is CCCCSC[C@H]1C(=O)C[C@H]2C[C@@H]1C2(C)C. The van der Waals surface area contributed by atoms with Gasteiger partial charge in [0.05, 0.1) is 0 Å². The molecular formula is C14H24OS. The van der Waals surface area contributed by atoms with E-state index in [1.54, 1.807) is 0 Å². The average Bonchev–Trinajstić information content (AvgIpc) is 2.25. The average molecular weight is 240 g/mol. The van der Waals surface area contributed by atoms with Gasteiger partial charge in [-0.25, -0.2) is 0 Å². The summed E-state index contributed by atoms with van der Waals surface area (Å²) >= 11 is 2.00. The van der Waals surface area contributed by atoms with Crippen molar-refractivity contribution in [3.05, 3.63) is 0 Å². The number of ketones is 1. The van der Waals surface area contributed by atoms with Crippen LogP contribution in [0.5, 0.6) is 0 Å². The number of hydrogen-bond acceptors (Lipinski definition) is 2. The second-order valence-corrected chi connectivity index (χ2v) is 7.22. The van der Waals surface area contributed by atoms with Crippen LogP contribution in [0.2, 0.25) is 0 Å². The highest BCUT2D eigenvalue weighted by Crippen LogP contribution is 2.60. The third-order valence-electron chi connectivity index (χ3n) is 4.83. The predicted molar refractivity (Wildman–Crippen MR) is 70.7 cm³/mol. The lowest BCUT2D eigenvalue weighted by Crippen LogP contribution is -2.56. The molecule has 0 unspecified atom stereocenters. The van der Waals surface area contributed by atoms with Gasteiger partial charge in [-0.05, 0) is 35.8 Å². The fourth-order valence-electron chi connectivity index (χ4n) is 3.37. The van der Waals surface area contributed by atoms with Gasteiger partial charge in [-0.2, -0.15) is 11.8 Å². The molecular weight excluding hydrogens is 216 g/mol. The Hall–Kier alpha value is 0.0200. The third-order valence-corrected chi connectivity index (χ3v) is 6.00. The lowest BCUT2D eigenvalue weighted by molar-refractivity contribution is -0.152. The number of thioether (sulfide) groups is 1. The first-order chi connectivity index (χ1) is 7.57. The Morgan fingerprint density at radius 3 is 2.81 bits per heavy atom. The Bertz CT molecular complexity index is 272. The number of hydrogen-bond donors (Lipinski definition) is 0. The van der Waals surface area contributed by atoms with Crippen molar-refractivity contribution in [1.29, 1.82) is 0 Å². The van der Waals surface area contributed by atoms with E-state index in [1.807, 2.05) is 11.8 Å². The van der Waals surface area contributed by atoms with E-state index in [-0.39, 0.29) is 0 Å². The highest BCUT2D eigenvalue weighted by atomic mass is 32.2. The largest absolute Gasteiger partial charge is 0.299 e. The second-order valence-electron chi connectivity index (χ2n) is 6.07. The van der Waals surface area contributed by atoms with E-state index in [4.69, 9.17) is 0 Å². The van der Waals surface area contributed by atoms with Crippen molar-refractivity contribution in [1.82, 2.24) is 0 Å². The molecule has 1 nitrogen and oxygen atoms in total. The van der Waals surface area contributed by atoms with Gasteiger partial charge in [0.25, 0.3) is 0 Å². The van der Waals surface area contributed by atoms with Crippen molar-refractivity contribution in [3.63, 3.8) is 0 Å². The van der Waals surface area contributed by atoms with Gasteiger partial charge in [0.15, 0.2) is 0 Å². The quantitative estimate of drug-likeness (QED) is 0.680. The molecule has 0 spiro atoms. The summed E-state index contributed by atoms with van der Waals surface area (Å²) in [7, 11) is 0. The van der Waals surface area contributed by atoms with Gasteiger partial charge in [-0.15, -0.1) is 0 Å². The Morgan fingerprint density at radius 2 is 2.19 bits per heavy atom. The van der Waals surface area contributed by atoms with Crippen molar-refractivity contribution >= 4 is 17.5 Å². The summed E-state index contributed by atoms with van der Waals surface area (Å²) in [6, 6.07) is 0. The smallest absolute Gasteiger partial charge is 0.137 e. The summed E-state index contributed by atoms with van der Waals surface area (Å²) in [5.41, 5.74) is 0.448. The van der Waals surface area contributed by atoms with Gasteiger partial charge in [0.1, 0.15) is 5.78 Å².